The van der Waals surface area contributed by atoms with Crippen molar-refractivity contribution in [1.29, 1.82) is 0 Å². The largest absolute Gasteiger partial charge is 0.508 e. The Morgan fingerprint density at radius 2 is 1.87 bits per heavy atom. The average molecular weight is 511 g/mol. The molecule has 2 aliphatic heterocycles. The second-order valence-electron chi connectivity index (χ2n) is 9.71. The minimum absolute atomic E-state index is 0.00704. The molecule has 1 saturated heterocycles. The van der Waals surface area contributed by atoms with E-state index >= 15 is 0 Å². The number of pyridine rings is 1. The number of amides is 1. The topological polar surface area (TPSA) is 77.9 Å². The lowest BCUT2D eigenvalue weighted by Gasteiger charge is -2.34. The Labute approximate surface area is 224 Å². The molecule has 3 aromatic rings. The number of ether oxygens (including phenoxy) is 1. The maximum Gasteiger partial charge on any atom is 0.251 e. The fourth-order valence-electron chi connectivity index (χ4n) is 5.08. The fraction of sp³-hybridized carbons (Fsp3) is 0.290. The van der Waals surface area contributed by atoms with E-state index in [0.717, 1.165) is 73.6 Å². The lowest BCUT2D eigenvalue weighted by molar-refractivity contribution is 0.0951. The van der Waals surface area contributed by atoms with Crippen molar-refractivity contribution in [2.45, 2.75) is 25.2 Å². The van der Waals surface area contributed by atoms with Crippen LogP contribution >= 0.6 is 0 Å². The van der Waals surface area contributed by atoms with Crippen LogP contribution in [-0.4, -0.2) is 58.5 Å². The standard InChI is InChI=1S/C31H34N4O3/c36-27-8-5-6-25(22-27)30-23-35(20-21-38-30)19-18-34-16-12-24(13-17-34)28-9-1-2-10-29(28)31(37)33-15-11-26-7-3-4-14-32-26/h1-10,14,20-24,36H,11-13,15-19H2,(H,33,37). The van der Waals surface area contributed by atoms with E-state index in [1.165, 1.54) is 0 Å². The third kappa shape index (κ3) is 6.61. The first kappa shape index (κ1) is 25.5. The highest BCUT2D eigenvalue weighted by molar-refractivity contribution is 5.95. The van der Waals surface area contributed by atoms with Crippen molar-refractivity contribution in [2.75, 3.05) is 32.7 Å². The molecule has 2 aromatic carbocycles. The molecular formula is C31H34N4O3. The molecule has 0 saturated carbocycles. The van der Waals surface area contributed by atoms with Crippen molar-refractivity contribution in [2.24, 2.45) is 0 Å². The van der Waals surface area contributed by atoms with Gasteiger partial charge in [0.2, 0.25) is 0 Å². The third-order valence-electron chi connectivity index (χ3n) is 7.16. The maximum atomic E-state index is 13.0. The van der Waals surface area contributed by atoms with E-state index in [1.54, 1.807) is 24.6 Å². The zero-order valence-electron chi connectivity index (χ0n) is 21.5. The summed E-state index contributed by atoms with van der Waals surface area (Å²) in [5, 5.41) is 12.8. The number of hydrogen-bond donors (Lipinski definition) is 2. The number of carbonyl (C=O) groups is 1. The van der Waals surface area contributed by atoms with Crippen molar-refractivity contribution in [1.82, 2.24) is 20.1 Å². The number of nitrogens with zero attached hydrogens (tertiary/aromatic N) is 3. The van der Waals surface area contributed by atoms with Crippen LogP contribution < -0.4 is 5.32 Å². The number of aromatic nitrogens is 1. The highest BCUT2D eigenvalue weighted by atomic mass is 16.5. The first-order valence-electron chi connectivity index (χ1n) is 13.3. The Morgan fingerprint density at radius 3 is 2.68 bits per heavy atom. The van der Waals surface area contributed by atoms with Gasteiger partial charge < -0.3 is 25.0 Å². The van der Waals surface area contributed by atoms with Gasteiger partial charge >= 0.3 is 0 Å². The molecule has 0 spiro atoms. The van der Waals surface area contributed by atoms with Crippen LogP contribution in [0.3, 0.4) is 0 Å². The van der Waals surface area contributed by atoms with Crippen molar-refractivity contribution < 1.29 is 14.6 Å². The molecule has 0 unspecified atom stereocenters. The maximum absolute atomic E-state index is 13.0. The predicted molar refractivity (Wildman–Crippen MR) is 148 cm³/mol. The quantitative estimate of drug-likeness (QED) is 0.433. The Bertz CT molecular complexity index is 1280. The highest BCUT2D eigenvalue weighted by Crippen LogP contribution is 2.30. The first-order valence-corrected chi connectivity index (χ1v) is 13.3. The highest BCUT2D eigenvalue weighted by Gasteiger charge is 2.24. The van der Waals surface area contributed by atoms with E-state index in [4.69, 9.17) is 4.74 Å². The van der Waals surface area contributed by atoms with Gasteiger partial charge in [-0.3, -0.25) is 9.78 Å². The number of nitrogens with one attached hydrogen (secondary N) is 1. The molecule has 196 valence electrons. The van der Waals surface area contributed by atoms with Gasteiger partial charge in [-0.2, -0.15) is 0 Å². The van der Waals surface area contributed by atoms with Gasteiger partial charge in [-0.1, -0.05) is 36.4 Å². The van der Waals surface area contributed by atoms with Crippen molar-refractivity contribution >= 4 is 11.7 Å². The molecule has 0 atom stereocenters. The lowest BCUT2D eigenvalue weighted by Crippen LogP contribution is -2.38. The van der Waals surface area contributed by atoms with Crippen LogP contribution in [0.25, 0.3) is 5.76 Å². The van der Waals surface area contributed by atoms with E-state index in [2.05, 4.69) is 26.2 Å². The number of likely N-dealkylation sites (tertiary alicyclic amines) is 1. The van der Waals surface area contributed by atoms with E-state index in [-0.39, 0.29) is 11.7 Å². The van der Waals surface area contributed by atoms with Gasteiger partial charge in [0.1, 0.15) is 17.8 Å². The summed E-state index contributed by atoms with van der Waals surface area (Å²) in [6.07, 6.45) is 10.1. The van der Waals surface area contributed by atoms with Crippen molar-refractivity contribution in [3.63, 3.8) is 0 Å². The molecule has 0 aliphatic carbocycles. The number of rotatable bonds is 9. The van der Waals surface area contributed by atoms with Crippen LogP contribution in [0.1, 0.15) is 45.9 Å². The van der Waals surface area contributed by atoms with Gasteiger partial charge in [0, 0.05) is 61.5 Å². The average Bonchev–Trinajstić information content (AvgIpc) is 2.97. The number of phenols is 1. The lowest BCUT2D eigenvalue weighted by atomic mass is 9.86. The smallest absolute Gasteiger partial charge is 0.251 e. The first-order chi connectivity index (χ1) is 18.7. The molecule has 0 radical (unpaired) electrons. The Kier molecular flexibility index (Phi) is 8.36. The van der Waals surface area contributed by atoms with Gasteiger partial charge in [0.25, 0.3) is 5.91 Å². The second kappa shape index (κ2) is 12.4. The van der Waals surface area contributed by atoms with Crippen LogP contribution in [0.15, 0.2) is 91.6 Å². The third-order valence-corrected chi connectivity index (χ3v) is 7.16. The minimum atomic E-state index is -0.00704. The fourth-order valence-corrected chi connectivity index (χ4v) is 5.08. The second-order valence-corrected chi connectivity index (χ2v) is 9.71. The molecule has 1 amide bonds. The minimum Gasteiger partial charge on any atom is -0.508 e. The summed E-state index contributed by atoms with van der Waals surface area (Å²) in [4.78, 5) is 21.9. The predicted octanol–water partition coefficient (Wildman–Crippen LogP) is 4.74. The Hall–Kier alpha value is -4.10. The van der Waals surface area contributed by atoms with Gasteiger partial charge in [-0.15, -0.1) is 0 Å². The normalized spacial score (nSPS) is 16.1. The van der Waals surface area contributed by atoms with E-state index in [1.807, 2.05) is 60.9 Å². The summed E-state index contributed by atoms with van der Waals surface area (Å²) >= 11 is 0. The van der Waals surface area contributed by atoms with Gasteiger partial charge in [0.05, 0.1) is 0 Å². The molecule has 1 aromatic heterocycles. The molecule has 0 bridgehead atoms. The number of piperidine rings is 1. The SMILES string of the molecule is O=C(NCCc1ccccn1)c1ccccc1C1CCN(CCN2C=COC(c3cccc(O)c3)=C2)CC1. The number of phenolic OH excluding ortho intramolecular Hbond substituents is 1. The Balaban J connectivity index is 1.11. The van der Waals surface area contributed by atoms with Crippen LogP contribution in [0.5, 0.6) is 5.75 Å². The summed E-state index contributed by atoms with van der Waals surface area (Å²) in [5.41, 5.74) is 3.76. The summed E-state index contributed by atoms with van der Waals surface area (Å²) < 4.78 is 5.66. The monoisotopic (exact) mass is 510 g/mol. The molecule has 38 heavy (non-hydrogen) atoms. The van der Waals surface area contributed by atoms with Crippen LogP contribution in [0.4, 0.5) is 0 Å². The number of hydrogen-bond acceptors (Lipinski definition) is 6. The number of carbonyl (C=O) groups excluding carboxylic acids is 1. The molecule has 5 rings (SSSR count). The molecule has 3 heterocycles. The van der Waals surface area contributed by atoms with Crippen LogP contribution in [0.2, 0.25) is 0 Å². The summed E-state index contributed by atoms with van der Waals surface area (Å²) in [6, 6.07) is 21.0. The zero-order valence-corrected chi connectivity index (χ0v) is 21.5. The molecule has 2 aliphatic rings. The molecule has 2 N–H and O–H groups in total. The van der Waals surface area contributed by atoms with Crippen LogP contribution in [0, 0.1) is 0 Å². The van der Waals surface area contributed by atoms with Gasteiger partial charge in [0.15, 0.2) is 0 Å². The molecular weight excluding hydrogens is 476 g/mol. The Morgan fingerprint density at radius 1 is 1.03 bits per heavy atom. The van der Waals surface area contributed by atoms with Crippen molar-refractivity contribution in [3.8, 4) is 5.75 Å². The molecule has 1 fully saturated rings. The van der Waals surface area contributed by atoms with E-state index in [9.17, 15) is 9.90 Å². The number of benzene rings is 2. The van der Waals surface area contributed by atoms with E-state index < -0.39 is 0 Å². The molecule has 7 heteroatoms. The van der Waals surface area contributed by atoms with Crippen LogP contribution in [-0.2, 0) is 11.2 Å². The van der Waals surface area contributed by atoms with Gasteiger partial charge in [-0.05, 0) is 67.7 Å². The summed E-state index contributed by atoms with van der Waals surface area (Å²) in [5.74, 6) is 1.31. The zero-order chi connectivity index (χ0) is 26.2. The molecule has 7 nitrogen and oxygen atoms in total. The van der Waals surface area contributed by atoms with E-state index in [0.29, 0.717) is 12.5 Å². The van der Waals surface area contributed by atoms with Gasteiger partial charge in [-0.25, -0.2) is 0 Å². The number of aromatic hydroxyl groups is 1. The summed E-state index contributed by atoms with van der Waals surface area (Å²) in [7, 11) is 0. The summed E-state index contributed by atoms with van der Waals surface area (Å²) in [6.45, 7) is 4.35. The van der Waals surface area contributed by atoms with Crippen molar-refractivity contribution in [3.05, 3.63) is 114 Å².